The van der Waals surface area contributed by atoms with Crippen LogP contribution in [-0.4, -0.2) is 18.2 Å². The van der Waals surface area contributed by atoms with Crippen molar-refractivity contribution in [2.45, 2.75) is 31.8 Å². The fraction of sp³-hybridized carbons (Fsp3) is 0.300. The number of methoxy groups -OCH3 is 1. The summed E-state index contributed by atoms with van der Waals surface area (Å²) in [6.07, 6.45) is 8.18. The number of hydrogen-bond donors (Lipinski definition) is 0. The van der Waals surface area contributed by atoms with E-state index in [0.717, 1.165) is 18.4 Å². The minimum Gasteiger partial charge on any atom is -0.491 e. The van der Waals surface area contributed by atoms with Gasteiger partial charge in [-0.2, -0.15) is 5.26 Å². The fourth-order valence-electron chi connectivity index (χ4n) is 2.88. The average Bonchev–Trinajstić information content (AvgIpc) is 3.13. The van der Waals surface area contributed by atoms with Gasteiger partial charge >= 0.3 is 0 Å². The first kappa shape index (κ1) is 16.1. The van der Waals surface area contributed by atoms with E-state index in [2.05, 4.69) is 11.1 Å². The molecule has 0 atom stereocenters. The van der Waals surface area contributed by atoms with Crippen molar-refractivity contribution >= 4 is 11.6 Å². The smallest absolute Gasteiger partial charge is 0.179 e. The van der Waals surface area contributed by atoms with E-state index in [1.54, 1.807) is 19.4 Å². The zero-order valence-corrected chi connectivity index (χ0v) is 13.7. The first-order chi connectivity index (χ1) is 11.8. The Hall–Kier alpha value is -2.80. The highest BCUT2D eigenvalue weighted by molar-refractivity contribution is 5.88. The molecule has 1 aromatic heterocycles. The topological polar surface area (TPSA) is 55.1 Å². The molecular formula is C20H20N2O2. The third-order valence-electron chi connectivity index (χ3n) is 4.15. The van der Waals surface area contributed by atoms with Crippen LogP contribution in [0.3, 0.4) is 0 Å². The Labute approximate surface area is 142 Å². The lowest BCUT2D eigenvalue weighted by atomic mass is 10.1. The van der Waals surface area contributed by atoms with Crippen LogP contribution in [-0.2, 0) is 0 Å². The third kappa shape index (κ3) is 3.75. The number of hydrogen-bond acceptors (Lipinski definition) is 4. The number of nitrogens with zero attached hydrogens (tertiary/aromatic N) is 2. The normalized spacial score (nSPS) is 15.1. The quantitative estimate of drug-likeness (QED) is 0.762. The molecule has 1 fully saturated rings. The lowest BCUT2D eigenvalue weighted by molar-refractivity contribution is 0.200. The first-order valence-corrected chi connectivity index (χ1v) is 8.18. The summed E-state index contributed by atoms with van der Waals surface area (Å²) in [5.74, 6) is 1.26. The number of benzene rings is 1. The zero-order valence-electron chi connectivity index (χ0n) is 13.7. The maximum atomic E-state index is 9.51. The first-order valence-electron chi connectivity index (χ1n) is 8.18. The molecule has 1 saturated carbocycles. The number of ether oxygens (including phenoxy) is 2. The van der Waals surface area contributed by atoms with Gasteiger partial charge < -0.3 is 9.47 Å². The molecule has 2 aromatic rings. The van der Waals surface area contributed by atoms with Gasteiger partial charge in [0, 0.05) is 6.07 Å². The van der Waals surface area contributed by atoms with Crippen molar-refractivity contribution in [3.05, 3.63) is 53.9 Å². The summed E-state index contributed by atoms with van der Waals surface area (Å²) in [7, 11) is 1.60. The van der Waals surface area contributed by atoms with E-state index in [1.807, 2.05) is 36.4 Å². The van der Waals surface area contributed by atoms with Crippen LogP contribution in [0.25, 0.3) is 11.6 Å². The Morgan fingerprint density at radius 2 is 1.96 bits per heavy atom. The molecule has 0 saturated heterocycles. The molecule has 0 spiro atoms. The number of aromatic nitrogens is 1. The molecule has 4 nitrogen and oxygen atoms in total. The van der Waals surface area contributed by atoms with Gasteiger partial charge in [-0.05, 0) is 37.3 Å². The second kappa shape index (κ2) is 7.65. The fourth-order valence-corrected chi connectivity index (χ4v) is 2.88. The van der Waals surface area contributed by atoms with Crippen LogP contribution in [0, 0.1) is 11.3 Å². The van der Waals surface area contributed by atoms with Crippen LogP contribution in [0.5, 0.6) is 11.5 Å². The molecule has 24 heavy (non-hydrogen) atoms. The molecule has 0 radical (unpaired) electrons. The molecule has 1 aromatic carbocycles. The monoisotopic (exact) mass is 320 g/mol. The van der Waals surface area contributed by atoms with Gasteiger partial charge in [-0.25, -0.2) is 0 Å². The Morgan fingerprint density at radius 3 is 2.62 bits per heavy atom. The minimum absolute atomic E-state index is 0.220. The van der Waals surface area contributed by atoms with Crippen LogP contribution in [0.15, 0.2) is 42.6 Å². The second-order valence-corrected chi connectivity index (χ2v) is 5.83. The van der Waals surface area contributed by atoms with E-state index in [1.165, 1.54) is 12.8 Å². The minimum atomic E-state index is 0.220. The van der Waals surface area contributed by atoms with E-state index >= 15 is 0 Å². The van der Waals surface area contributed by atoms with Crippen LogP contribution < -0.4 is 9.47 Å². The number of allylic oxidation sites excluding steroid dienone is 1. The summed E-state index contributed by atoms with van der Waals surface area (Å²) in [6, 6.07) is 13.8. The van der Waals surface area contributed by atoms with Crippen molar-refractivity contribution < 1.29 is 9.47 Å². The van der Waals surface area contributed by atoms with Crippen molar-refractivity contribution in [2.75, 3.05) is 7.11 Å². The number of nitriles is 1. The van der Waals surface area contributed by atoms with E-state index in [4.69, 9.17) is 9.47 Å². The van der Waals surface area contributed by atoms with Gasteiger partial charge in [-0.3, -0.25) is 4.98 Å². The highest BCUT2D eigenvalue weighted by Gasteiger charge is 2.19. The van der Waals surface area contributed by atoms with Crippen molar-refractivity contribution in [1.29, 1.82) is 5.26 Å². The molecule has 0 bridgehead atoms. The Kier molecular flexibility index (Phi) is 5.12. The Bertz CT molecular complexity index is 757. The van der Waals surface area contributed by atoms with Crippen LogP contribution in [0.1, 0.15) is 36.9 Å². The van der Waals surface area contributed by atoms with Crippen molar-refractivity contribution in [2.24, 2.45) is 0 Å². The highest BCUT2D eigenvalue weighted by atomic mass is 16.5. The molecule has 0 aliphatic heterocycles. The molecule has 0 N–H and O–H groups in total. The highest BCUT2D eigenvalue weighted by Crippen LogP contribution is 2.33. The molecule has 1 aliphatic rings. The zero-order chi connectivity index (χ0) is 16.8. The summed E-state index contributed by atoms with van der Waals surface area (Å²) < 4.78 is 11.4. The molecule has 4 heteroatoms. The number of pyridine rings is 1. The van der Waals surface area contributed by atoms with Crippen LogP contribution in [0.4, 0.5) is 0 Å². The molecule has 0 amide bonds. The van der Waals surface area contributed by atoms with Crippen molar-refractivity contribution in [3.63, 3.8) is 0 Å². The maximum absolute atomic E-state index is 9.51. The lowest BCUT2D eigenvalue weighted by Gasteiger charge is -2.16. The Balaban J connectivity index is 1.92. The van der Waals surface area contributed by atoms with Crippen molar-refractivity contribution in [3.8, 4) is 17.6 Å². The molecule has 122 valence electrons. The summed E-state index contributed by atoms with van der Waals surface area (Å²) >= 11 is 0. The third-order valence-corrected chi connectivity index (χ3v) is 4.15. The van der Waals surface area contributed by atoms with Gasteiger partial charge in [0.15, 0.2) is 11.5 Å². The number of rotatable bonds is 5. The summed E-state index contributed by atoms with van der Waals surface area (Å²) in [5.41, 5.74) is 2.06. The predicted octanol–water partition coefficient (Wildman–Crippen LogP) is 4.48. The molecule has 0 unspecified atom stereocenters. The molecule has 1 heterocycles. The van der Waals surface area contributed by atoms with Gasteiger partial charge in [0.25, 0.3) is 0 Å². The van der Waals surface area contributed by atoms with E-state index < -0.39 is 0 Å². The SMILES string of the molecule is COc1cnc(C(C#N)=Cc2ccccc2)cc1OC1CCCC1. The van der Waals surface area contributed by atoms with Gasteiger partial charge in [0.05, 0.1) is 30.7 Å². The summed E-state index contributed by atoms with van der Waals surface area (Å²) in [5, 5.41) is 9.51. The Morgan fingerprint density at radius 1 is 1.21 bits per heavy atom. The molecular weight excluding hydrogens is 300 g/mol. The van der Waals surface area contributed by atoms with Gasteiger partial charge in [0.1, 0.15) is 6.07 Å². The van der Waals surface area contributed by atoms with Gasteiger partial charge in [-0.1, -0.05) is 30.3 Å². The van der Waals surface area contributed by atoms with E-state index in [9.17, 15) is 5.26 Å². The lowest BCUT2D eigenvalue weighted by Crippen LogP contribution is -2.12. The van der Waals surface area contributed by atoms with E-state index in [0.29, 0.717) is 22.8 Å². The summed E-state index contributed by atoms with van der Waals surface area (Å²) in [6.45, 7) is 0. The standard InChI is InChI=1S/C20H20N2O2/c1-23-20-14-22-18(12-19(20)24-17-9-5-6-10-17)16(13-21)11-15-7-3-2-4-8-15/h2-4,7-8,11-12,14,17H,5-6,9-10H2,1H3. The predicted molar refractivity (Wildman–Crippen MR) is 93.6 cm³/mol. The average molecular weight is 320 g/mol. The van der Waals surface area contributed by atoms with E-state index in [-0.39, 0.29) is 6.10 Å². The molecule has 1 aliphatic carbocycles. The van der Waals surface area contributed by atoms with Gasteiger partial charge in [0.2, 0.25) is 0 Å². The largest absolute Gasteiger partial charge is 0.491 e. The van der Waals surface area contributed by atoms with Crippen molar-refractivity contribution in [1.82, 2.24) is 4.98 Å². The molecule has 3 rings (SSSR count). The van der Waals surface area contributed by atoms with Crippen LogP contribution >= 0.6 is 0 Å². The maximum Gasteiger partial charge on any atom is 0.179 e. The van der Waals surface area contributed by atoms with Gasteiger partial charge in [-0.15, -0.1) is 0 Å². The van der Waals surface area contributed by atoms with Crippen LogP contribution in [0.2, 0.25) is 0 Å². The second-order valence-electron chi connectivity index (χ2n) is 5.83. The summed E-state index contributed by atoms with van der Waals surface area (Å²) in [4.78, 5) is 4.36.